The van der Waals surface area contributed by atoms with Gasteiger partial charge in [0.25, 0.3) is 0 Å². The van der Waals surface area contributed by atoms with E-state index in [1.807, 2.05) is 50.5 Å². The minimum absolute atomic E-state index is 0.0894. The Labute approximate surface area is 149 Å². The standard InChI is InChI=1S/C20H25NO4/c1-15-13-18(24-12-11-21(2)3)9-10-19(15)16-5-7-17(8-6-16)25-14-20(22)23-4/h5-10,13H,11-12,14H2,1-4H3. The van der Waals surface area contributed by atoms with Gasteiger partial charge in [0.15, 0.2) is 6.61 Å². The zero-order chi connectivity index (χ0) is 18.2. The number of benzene rings is 2. The van der Waals surface area contributed by atoms with E-state index in [4.69, 9.17) is 9.47 Å². The van der Waals surface area contributed by atoms with Gasteiger partial charge in [-0.2, -0.15) is 0 Å². The summed E-state index contributed by atoms with van der Waals surface area (Å²) in [4.78, 5) is 13.2. The van der Waals surface area contributed by atoms with Gasteiger partial charge in [-0.05, 0) is 62.0 Å². The summed E-state index contributed by atoms with van der Waals surface area (Å²) in [6.07, 6.45) is 0. The summed E-state index contributed by atoms with van der Waals surface area (Å²) < 4.78 is 15.7. The Balaban J connectivity index is 2.02. The van der Waals surface area contributed by atoms with E-state index in [1.165, 1.54) is 7.11 Å². The number of esters is 1. The van der Waals surface area contributed by atoms with E-state index in [0.717, 1.165) is 29.0 Å². The second kappa shape index (κ2) is 9.08. The number of hydrogen-bond acceptors (Lipinski definition) is 5. The van der Waals surface area contributed by atoms with Gasteiger partial charge >= 0.3 is 5.97 Å². The number of likely N-dealkylation sites (N-methyl/N-ethyl adjacent to an activating group) is 1. The molecule has 0 saturated carbocycles. The third kappa shape index (κ3) is 5.80. The normalized spacial score (nSPS) is 10.6. The van der Waals surface area contributed by atoms with Crippen LogP contribution in [0.15, 0.2) is 42.5 Å². The summed E-state index contributed by atoms with van der Waals surface area (Å²) in [5.74, 6) is 1.11. The van der Waals surface area contributed by atoms with Crippen molar-refractivity contribution in [3.8, 4) is 22.6 Å². The van der Waals surface area contributed by atoms with Crippen LogP contribution in [0.25, 0.3) is 11.1 Å². The molecule has 0 saturated heterocycles. The van der Waals surface area contributed by atoms with Crippen LogP contribution in [0.4, 0.5) is 0 Å². The van der Waals surface area contributed by atoms with E-state index >= 15 is 0 Å². The molecule has 5 nitrogen and oxygen atoms in total. The van der Waals surface area contributed by atoms with E-state index in [0.29, 0.717) is 12.4 Å². The SMILES string of the molecule is COC(=O)COc1ccc(-c2ccc(OCCN(C)C)cc2C)cc1. The van der Waals surface area contributed by atoms with Crippen LogP contribution in [0, 0.1) is 6.92 Å². The molecule has 0 atom stereocenters. The summed E-state index contributed by atoms with van der Waals surface area (Å²) in [7, 11) is 5.39. The first-order valence-corrected chi connectivity index (χ1v) is 8.18. The van der Waals surface area contributed by atoms with E-state index in [1.54, 1.807) is 0 Å². The van der Waals surface area contributed by atoms with Crippen molar-refractivity contribution in [1.82, 2.24) is 4.90 Å². The summed E-state index contributed by atoms with van der Waals surface area (Å²) in [5, 5.41) is 0. The van der Waals surface area contributed by atoms with Crippen molar-refractivity contribution >= 4 is 5.97 Å². The molecule has 5 heteroatoms. The van der Waals surface area contributed by atoms with Crippen LogP contribution >= 0.6 is 0 Å². The Kier molecular flexibility index (Phi) is 6.83. The molecule has 134 valence electrons. The van der Waals surface area contributed by atoms with E-state index in [9.17, 15) is 4.79 Å². The van der Waals surface area contributed by atoms with Gasteiger partial charge in [0.2, 0.25) is 0 Å². The van der Waals surface area contributed by atoms with Gasteiger partial charge in [-0.3, -0.25) is 0 Å². The number of rotatable bonds is 8. The Hall–Kier alpha value is -2.53. The zero-order valence-electron chi connectivity index (χ0n) is 15.2. The van der Waals surface area contributed by atoms with Gasteiger partial charge in [-0.1, -0.05) is 18.2 Å². The lowest BCUT2D eigenvalue weighted by molar-refractivity contribution is -0.142. The number of nitrogens with zero attached hydrogens (tertiary/aromatic N) is 1. The predicted molar refractivity (Wildman–Crippen MR) is 98.2 cm³/mol. The number of methoxy groups -OCH3 is 1. The number of carbonyl (C=O) groups excluding carboxylic acids is 1. The van der Waals surface area contributed by atoms with Crippen LogP contribution in [0.5, 0.6) is 11.5 Å². The lowest BCUT2D eigenvalue weighted by Crippen LogP contribution is -2.19. The zero-order valence-corrected chi connectivity index (χ0v) is 15.2. The van der Waals surface area contributed by atoms with E-state index < -0.39 is 5.97 Å². The number of hydrogen-bond donors (Lipinski definition) is 0. The van der Waals surface area contributed by atoms with Gasteiger partial charge in [-0.25, -0.2) is 4.79 Å². The van der Waals surface area contributed by atoms with Crippen molar-refractivity contribution in [2.75, 3.05) is 41.0 Å². The second-order valence-corrected chi connectivity index (χ2v) is 6.02. The van der Waals surface area contributed by atoms with Crippen LogP contribution in [-0.4, -0.2) is 51.8 Å². The van der Waals surface area contributed by atoms with Crippen LogP contribution in [-0.2, 0) is 9.53 Å². The Morgan fingerprint density at radius 1 is 1.00 bits per heavy atom. The van der Waals surface area contributed by atoms with Gasteiger partial charge in [0.05, 0.1) is 7.11 Å². The third-order valence-electron chi connectivity index (χ3n) is 3.75. The molecule has 2 aromatic carbocycles. The molecule has 0 spiro atoms. The molecule has 0 bridgehead atoms. The smallest absolute Gasteiger partial charge is 0.343 e. The highest BCUT2D eigenvalue weighted by Crippen LogP contribution is 2.28. The predicted octanol–water partition coefficient (Wildman–Crippen LogP) is 3.15. The summed E-state index contributed by atoms with van der Waals surface area (Å²) in [6, 6.07) is 13.7. The summed E-state index contributed by atoms with van der Waals surface area (Å²) >= 11 is 0. The Morgan fingerprint density at radius 2 is 1.68 bits per heavy atom. The summed E-state index contributed by atoms with van der Waals surface area (Å²) in [6.45, 7) is 3.52. The number of aryl methyl sites for hydroxylation is 1. The van der Waals surface area contributed by atoms with Crippen molar-refractivity contribution in [3.05, 3.63) is 48.0 Å². The van der Waals surface area contributed by atoms with Crippen molar-refractivity contribution in [3.63, 3.8) is 0 Å². The maximum Gasteiger partial charge on any atom is 0.343 e. The van der Waals surface area contributed by atoms with Gasteiger partial charge < -0.3 is 19.1 Å². The topological polar surface area (TPSA) is 48.0 Å². The Bertz CT molecular complexity index is 695. The minimum Gasteiger partial charge on any atom is -0.492 e. The summed E-state index contributed by atoms with van der Waals surface area (Å²) in [5.41, 5.74) is 3.37. The largest absolute Gasteiger partial charge is 0.492 e. The van der Waals surface area contributed by atoms with E-state index in [2.05, 4.69) is 22.6 Å². The van der Waals surface area contributed by atoms with Crippen LogP contribution in [0.2, 0.25) is 0 Å². The molecule has 0 amide bonds. The Morgan fingerprint density at radius 3 is 2.28 bits per heavy atom. The van der Waals surface area contributed by atoms with Crippen LogP contribution < -0.4 is 9.47 Å². The fourth-order valence-electron chi connectivity index (χ4n) is 2.33. The maximum atomic E-state index is 11.1. The van der Waals surface area contributed by atoms with Crippen molar-refractivity contribution in [1.29, 1.82) is 0 Å². The maximum absolute atomic E-state index is 11.1. The first-order valence-electron chi connectivity index (χ1n) is 8.18. The van der Waals surface area contributed by atoms with E-state index in [-0.39, 0.29) is 6.61 Å². The average Bonchev–Trinajstić information content (AvgIpc) is 2.60. The minimum atomic E-state index is -0.398. The molecule has 0 N–H and O–H groups in total. The van der Waals surface area contributed by atoms with Crippen molar-refractivity contribution in [2.45, 2.75) is 6.92 Å². The monoisotopic (exact) mass is 343 g/mol. The molecular formula is C20H25NO4. The van der Waals surface area contributed by atoms with Crippen LogP contribution in [0.1, 0.15) is 5.56 Å². The van der Waals surface area contributed by atoms with Gasteiger partial charge in [-0.15, -0.1) is 0 Å². The second-order valence-electron chi connectivity index (χ2n) is 6.02. The highest BCUT2D eigenvalue weighted by molar-refractivity contribution is 5.71. The van der Waals surface area contributed by atoms with Crippen molar-refractivity contribution in [2.24, 2.45) is 0 Å². The van der Waals surface area contributed by atoms with Crippen LogP contribution in [0.3, 0.4) is 0 Å². The number of carbonyl (C=O) groups is 1. The molecule has 0 fully saturated rings. The fourth-order valence-corrected chi connectivity index (χ4v) is 2.33. The fraction of sp³-hybridized carbons (Fsp3) is 0.350. The molecular weight excluding hydrogens is 318 g/mol. The number of ether oxygens (including phenoxy) is 3. The molecule has 0 aliphatic heterocycles. The third-order valence-corrected chi connectivity index (χ3v) is 3.75. The molecule has 0 radical (unpaired) electrons. The highest BCUT2D eigenvalue weighted by Gasteiger charge is 2.06. The lowest BCUT2D eigenvalue weighted by Gasteiger charge is -2.13. The molecule has 0 aliphatic rings. The molecule has 0 aromatic heterocycles. The molecule has 0 aliphatic carbocycles. The van der Waals surface area contributed by atoms with Gasteiger partial charge in [0, 0.05) is 6.54 Å². The first kappa shape index (κ1) is 18.8. The molecule has 2 rings (SSSR count). The first-order chi connectivity index (χ1) is 12.0. The molecule has 2 aromatic rings. The van der Waals surface area contributed by atoms with Crippen molar-refractivity contribution < 1.29 is 19.0 Å². The van der Waals surface area contributed by atoms with Gasteiger partial charge in [0.1, 0.15) is 18.1 Å². The molecule has 0 unspecified atom stereocenters. The quantitative estimate of drug-likeness (QED) is 0.689. The molecule has 25 heavy (non-hydrogen) atoms. The highest BCUT2D eigenvalue weighted by atomic mass is 16.6. The average molecular weight is 343 g/mol. The molecule has 0 heterocycles. The lowest BCUT2D eigenvalue weighted by atomic mass is 10.0.